The molecule has 5 aromatic rings. The monoisotopic (exact) mass is 601 g/mol. The summed E-state index contributed by atoms with van der Waals surface area (Å²) in [4.78, 5) is 20.0. The summed E-state index contributed by atoms with van der Waals surface area (Å²) < 4.78 is 24.3. The summed E-state index contributed by atoms with van der Waals surface area (Å²) in [6.45, 7) is 1.18. The summed E-state index contributed by atoms with van der Waals surface area (Å²) in [5.41, 5.74) is 11.5. The molecule has 1 amide bonds. The van der Waals surface area contributed by atoms with Crippen molar-refractivity contribution in [3.63, 3.8) is 0 Å². The number of hydrogen-bond donors (Lipinski definition) is 2. The Morgan fingerprint density at radius 3 is 2.72 bits per heavy atom. The van der Waals surface area contributed by atoms with Gasteiger partial charge in [0.15, 0.2) is 5.82 Å². The molecule has 1 aliphatic carbocycles. The number of aromatic hydroxyl groups is 1. The van der Waals surface area contributed by atoms with Gasteiger partial charge in [0.2, 0.25) is 0 Å². The third kappa shape index (κ3) is 4.90. The smallest absolute Gasteiger partial charge is 0.254 e. The van der Waals surface area contributed by atoms with Gasteiger partial charge in [-0.15, -0.1) is 0 Å². The maximum absolute atomic E-state index is 14.2. The summed E-state index contributed by atoms with van der Waals surface area (Å²) in [5, 5.41) is 11.6. The van der Waals surface area contributed by atoms with Crippen molar-refractivity contribution in [3.8, 4) is 34.1 Å². The van der Waals surface area contributed by atoms with E-state index in [0.29, 0.717) is 34.3 Å². The number of nitrogens with zero attached hydrogens (tertiary/aromatic N) is 4. The second-order valence-corrected chi connectivity index (χ2v) is 12.2. The number of phenolic OH excluding ortho intramolecular Hbond substituents is 1. The second kappa shape index (κ2) is 10.6. The van der Waals surface area contributed by atoms with Crippen LogP contribution in [0.5, 0.6) is 11.5 Å². The van der Waals surface area contributed by atoms with Crippen molar-refractivity contribution in [1.29, 1.82) is 0 Å². The number of ether oxygens (including phenoxy) is 1. The summed E-state index contributed by atoms with van der Waals surface area (Å²) >= 11 is 6.47. The molecule has 3 heterocycles. The molecule has 3 N–H and O–H groups in total. The molecule has 10 heteroatoms. The van der Waals surface area contributed by atoms with Crippen molar-refractivity contribution in [2.24, 2.45) is 18.7 Å². The first-order valence-electron chi connectivity index (χ1n) is 14.6. The third-order valence-electron chi connectivity index (χ3n) is 8.68. The van der Waals surface area contributed by atoms with Gasteiger partial charge in [0.25, 0.3) is 5.91 Å². The molecule has 0 spiro atoms. The number of rotatable bonds is 6. The van der Waals surface area contributed by atoms with Crippen molar-refractivity contribution >= 4 is 39.4 Å². The fourth-order valence-corrected chi connectivity index (χ4v) is 6.58. The Kier molecular flexibility index (Phi) is 6.82. The van der Waals surface area contributed by atoms with E-state index in [1.54, 1.807) is 31.4 Å². The number of carbonyl (C=O) groups excluding carboxylic acids is 1. The van der Waals surface area contributed by atoms with Crippen molar-refractivity contribution in [1.82, 2.24) is 19.0 Å². The molecular weight excluding hydrogens is 569 g/mol. The largest absolute Gasteiger partial charge is 0.506 e. The van der Waals surface area contributed by atoms with Crippen molar-refractivity contribution < 1.29 is 19.0 Å². The molecule has 8 nitrogen and oxygen atoms in total. The maximum atomic E-state index is 14.2. The molecule has 0 bridgehead atoms. The summed E-state index contributed by atoms with van der Waals surface area (Å²) in [6, 6.07) is 16.7. The highest BCUT2D eigenvalue weighted by atomic mass is 35.5. The normalized spacial score (nSPS) is 19.0. The highest BCUT2D eigenvalue weighted by Crippen LogP contribution is 2.40. The fourth-order valence-electron chi connectivity index (χ4n) is 6.35. The molecule has 0 unspecified atom stereocenters. The van der Waals surface area contributed by atoms with E-state index < -0.39 is 12.2 Å². The van der Waals surface area contributed by atoms with Crippen LogP contribution in [0.2, 0.25) is 5.02 Å². The van der Waals surface area contributed by atoms with E-state index in [1.165, 1.54) is 17.7 Å². The minimum absolute atomic E-state index is 0.0252. The molecule has 1 saturated carbocycles. The van der Waals surface area contributed by atoms with Crippen LogP contribution in [0, 0.1) is 5.92 Å². The van der Waals surface area contributed by atoms with E-state index in [4.69, 9.17) is 27.1 Å². The van der Waals surface area contributed by atoms with E-state index in [2.05, 4.69) is 22.8 Å². The maximum Gasteiger partial charge on any atom is 0.254 e. The predicted octanol–water partition coefficient (Wildman–Crippen LogP) is 6.15. The molecule has 1 aliphatic heterocycles. The number of aryl methyl sites for hydroxylation is 1. The number of phenols is 1. The van der Waals surface area contributed by atoms with E-state index >= 15 is 0 Å². The molecule has 2 aromatic heterocycles. The average Bonchev–Trinajstić information content (AvgIpc) is 3.66. The van der Waals surface area contributed by atoms with E-state index in [-0.39, 0.29) is 24.6 Å². The van der Waals surface area contributed by atoms with E-state index in [1.807, 2.05) is 23.7 Å². The van der Waals surface area contributed by atoms with Gasteiger partial charge in [0.05, 0.1) is 29.9 Å². The lowest BCUT2D eigenvalue weighted by molar-refractivity contribution is 0.0606. The number of piperidine rings is 1. The van der Waals surface area contributed by atoms with Gasteiger partial charge in [-0.3, -0.25) is 4.79 Å². The van der Waals surface area contributed by atoms with Crippen molar-refractivity contribution in [2.75, 3.05) is 20.2 Å². The van der Waals surface area contributed by atoms with Crippen LogP contribution in [-0.2, 0) is 13.6 Å². The van der Waals surface area contributed by atoms with Crippen LogP contribution in [0.15, 0.2) is 54.6 Å². The number of imidazole rings is 1. The van der Waals surface area contributed by atoms with Crippen LogP contribution in [-0.4, -0.2) is 62.4 Å². The minimum Gasteiger partial charge on any atom is -0.506 e. The Morgan fingerprint density at radius 2 is 1.98 bits per heavy atom. The molecule has 2 fully saturated rings. The zero-order chi connectivity index (χ0) is 30.0. The lowest BCUT2D eigenvalue weighted by Gasteiger charge is -2.33. The summed E-state index contributed by atoms with van der Waals surface area (Å²) in [6.07, 6.45) is 1.47. The number of methoxy groups -OCH3 is 1. The Bertz CT molecular complexity index is 1890. The third-order valence-corrected chi connectivity index (χ3v) is 9.08. The topological polar surface area (TPSA) is 98.5 Å². The molecule has 7 rings (SSSR count). The number of alkyl halides is 1. The molecule has 2 atom stereocenters. The Morgan fingerprint density at radius 1 is 1.16 bits per heavy atom. The van der Waals surface area contributed by atoms with Gasteiger partial charge >= 0.3 is 0 Å². The fraction of sp³-hybridized carbons (Fsp3) is 0.333. The van der Waals surface area contributed by atoms with Gasteiger partial charge in [-0.2, -0.15) is 0 Å². The summed E-state index contributed by atoms with van der Waals surface area (Å²) in [7, 11) is 3.52. The number of amides is 1. The van der Waals surface area contributed by atoms with Crippen molar-refractivity contribution in [3.05, 3.63) is 65.2 Å². The van der Waals surface area contributed by atoms with Crippen LogP contribution < -0.4 is 10.5 Å². The number of aromatic nitrogens is 3. The number of benzene rings is 3. The van der Waals surface area contributed by atoms with Gasteiger partial charge in [-0.1, -0.05) is 35.9 Å². The van der Waals surface area contributed by atoms with Crippen LogP contribution in [0.25, 0.3) is 44.6 Å². The first-order chi connectivity index (χ1) is 20.7. The number of carbonyl (C=O) groups is 1. The SMILES string of the molecule is COc1cc(C(=O)N2C[C@H](N)C[C@@H](F)C2)cc2nc(-c3cc4ccc(-c5cccc(O)c5Cl)cc4n3CC3CC3)n(C)c12. The van der Waals surface area contributed by atoms with Crippen LogP contribution >= 0.6 is 11.6 Å². The summed E-state index contributed by atoms with van der Waals surface area (Å²) in [5.74, 6) is 1.62. The van der Waals surface area contributed by atoms with Crippen LogP contribution in [0.1, 0.15) is 29.6 Å². The highest BCUT2D eigenvalue weighted by molar-refractivity contribution is 6.34. The Labute approximate surface area is 253 Å². The van der Waals surface area contributed by atoms with Gasteiger partial charge in [-0.25, -0.2) is 9.37 Å². The molecule has 3 aromatic carbocycles. The zero-order valence-corrected chi connectivity index (χ0v) is 24.8. The van der Waals surface area contributed by atoms with Gasteiger partial charge in [0.1, 0.15) is 23.2 Å². The molecule has 0 radical (unpaired) electrons. The molecular formula is C33H33ClFN5O3. The predicted molar refractivity (Wildman–Crippen MR) is 166 cm³/mol. The molecule has 222 valence electrons. The lowest BCUT2D eigenvalue weighted by Crippen LogP contribution is -2.50. The quantitative estimate of drug-likeness (QED) is 0.243. The minimum atomic E-state index is -1.14. The first-order valence-corrected chi connectivity index (χ1v) is 14.9. The molecule has 2 aliphatic rings. The van der Waals surface area contributed by atoms with Crippen molar-refractivity contribution in [2.45, 2.75) is 38.0 Å². The molecule has 1 saturated heterocycles. The lowest BCUT2D eigenvalue weighted by atomic mass is 10.0. The number of likely N-dealkylation sites (tertiary alicyclic amines) is 1. The van der Waals surface area contributed by atoms with E-state index in [0.717, 1.165) is 45.6 Å². The number of halogens is 2. The zero-order valence-electron chi connectivity index (χ0n) is 24.1. The number of hydrogen-bond acceptors (Lipinski definition) is 5. The Hall–Kier alpha value is -4.08. The molecule has 43 heavy (non-hydrogen) atoms. The Balaban J connectivity index is 1.35. The van der Waals surface area contributed by atoms with Crippen LogP contribution in [0.3, 0.4) is 0 Å². The number of nitrogens with two attached hydrogens (primary N) is 1. The van der Waals surface area contributed by atoms with E-state index in [9.17, 15) is 14.3 Å². The van der Waals surface area contributed by atoms with Gasteiger partial charge in [0, 0.05) is 48.2 Å². The highest BCUT2D eigenvalue weighted by Gasteiger charge is 2.30. The van der Waals surface area contributed by atoms with Crippen LogP contribution in [0.4, 0.5) is 4.39 Å². The standard InChI is InChI=1S/C33H33ClFN5O3/c1-38-31-25(10-21(13-29(31)43-2)33(42)39-16-22(35)14-23(36)17-39)37-32(38)27-12-20-9-8-19(24-4-3-5-28(41)30(24)34)11-26(20)40(27)15-18-6-7-18/h3-5,8-13,18,22-23,41H,6-7,14-17,36H2,1-2H3/t22-,23-/m1/s1. The second-order valence-electron chi connectivity index (χ2n) is 11.8. The average molecular weight is 602 g/mol. The van der Waals surface area contributed by atoms with Gasteiger partial charge in [-0.05, 0) is 61.1 Å². The van der Waals surface area contributed by atoms with Gasteiger partial charge < -0.3 is 29.6 Å². The first kappa shape index (κ1) is 27.7. The number of fused-ring (bicyclic) bond motifs is 2.